The Hall–Kier alpha value is -4.15. The Bertz CT molecular complexity index is 1510. The zero-order chi connectivity index (χ0) is 27.1. The van der Waals surface area contributed by atoms with Crippen LogP contribution < -0.4 is 10.4 Å². The number of halogens is 4. The highest BCUT2D eigenvalue weighted by molar-refractivity contribution is 6.00. The zero-order valence-electron chi connectivity index (χ0n) is 20.1. The first-order valence-electron chi connectivity index (χ1n) is 12.1. The minimum Gasteiger partial charge on any atom is -0.502 e. The smallest absolute Gasteiger partial charge is 0.278 e. The summed E-state index contributed by atoms with van der Waals surface area (Å²) < 4.78 is 56.3. The summed E-state index contributed by atoms with van der Waals surface area (Å²) in [5.41, 5.74) is -1.63. The van der Waals surface area contributed by atoms with E-state index in [0.717, 1.165) is 25.0 Å². The van der Waals surface area contributed by atoms with Gasteiger partial charge in [0.25, 0.3) is 5.91 Å². The van der Waals surface area contributed by atoms with Gasteiger partial charge in [-0.05, 0) is 43.4 Å². The van der Waals surface area contributed by atoms with Gasteiger partial charge in [-0.15, -0.1) is 0 Å². The van der Waals surface area contributed by atoms with Gasteiger partial charge in [-0.1, -0.05) is 12.1 Å². The standard InChI is InChI=1S/C27H23F4N3O4/c28-17-7-4-15(20(30)11-17)6-9-22(35)19-14-34-24(26(37)25(19)36)27(38)32(23-3-1-2-10-33(23)34)13-16-5-8-18(29)12-21(16)31/h4-5,7-8,11-12,14,23,37H,1-3,6,9-10,13H2/t23-/m0/s1. The normalized spacial score (nSPS) is 16.8. The van der Waals surface area contributed by atoms with E-state index in [1.807, 2.05) is 0 Å². The molecule has 1 amide bonds. The number of carbonyl (C=O) groups excluding carboxylic acids is 2. The molecule has 7 nitrogen and oxygen atoms in total. The second kappa shape index (κ2) is 9.96. The minimum absolute atomic E-state index is 0.0698. The van der Waals surface area contributed by atoms with Crippen LogP contribution in [0.1, 0.15) is 57.7 Å². The lowest BCUT2D eigenvalue weighted by Crippen LogP contribution is -2.62. The summed E-state index contributed by atoms with van der Waals surface area (Å²) in [6.45, 7) is 0.202. The first kappa shape index (κ1) is 25.5. The van der Waals surface area contributed by atoms with Crippen LogP contribution in [0.2, 0.25) is 0 Å². The van der Waals surface area contributed by atoms with Crippen LogP contribution in [-0.2, 0) is 13.0 Å². The molecule has 3 heterocycles. The molecule has 0 unspecified atom stereocenters. The maximum atomic E-state index is 14.4. The van der Waals surface area contributed by atoms with Crippen molar-refractivity contribution in [1.82, 2.24) is 9.58 Å². The third-order valence-electron chi connectivity index (χ3n) is 7.00. The van der Waals surface area contributed by atoms with Crippen LogP contribution in [0.4, 0.5) is 17.6 Å². The van der Waals surface area contributed by atoms with Crippen LogP contribution >= 0.6 is 0 Å². The van der Waals surface area contributed by atoms with Gasteiger partial charge in [0.1, 0.15) is 29.4 Å². The molecule has 11 heteroatoms. The lowest BCUT2D eigenvalue weighted by atomic mass is 10.0. The average Bonchev–Trinajstić information content (AvgIpc) is 2.88. The lowest BCUT2D eigenvalue weighted by Gasteiger charge is -2.49. The Morgan fingerprint density at radius 2 is 1.61 bits per heavy atom. The fourth-order valence-electron chi connectivity index (χ4n) is 5.05. The van der Waals surface area contributed by atoms with Crippen LogP contribution in [0, 0.1) is 23.3 Å². The molecule has 0 spiro atoms. The molecule has 3 aromatic rings. The number of aromatic hydroxyl groups is 1. The van der Waals surface area contributed by atoms with Crippen molar-refractivity contribution in [3.8, 4) is 5.75 Å². The number of nitrogens with zero attached hydrogens (tertiary/aromatic N) is 3. The van der Waals surface area contributed by atoms with E-state index in [0.29, 0.717) is 25.1 Å². The van der Waals surface area contributed by atoms with Crippen molar-refractivity contribution in [1.29, 1.82) is 0 Å². The largest absolute Gasteiger partial charge is 0.502 e. The number of hydrogen-bond acceptors (Lipinski definition) is 5. The highest BCUT2D eigenvalue weighted by Gasteiger charge is 2.41. The number of fused-ring (bicyclic) bond motifs is 3. The highest BCUT2D eigenvalue weighted by atomic mass is 19.1. The molecule has 5 rings (SSSR count). The number of aryl methyl sites for hydroxylation is 1. The molecule has 1 aromatic heterocycles. The molecule has 1 fully saturated rings. The number of amides is 1. The summed E-state index contributed by atoms with van der Waals surface area (Å²) in [7, 11) is 0. The van der Waals surface area contributed by atoms with Gasteiger partial charge in [0.2, 0.25) is 5.43 Å². The van der Waals surface area contributed by atoms with Crippen LogP contribution in [0.3, 0.4) is 0 Å². The van der Waals surface area contributed by atoms with E-state index >= 15 is 0 Å². The van der Waals surface area contributed by atoms with E-state index in [9.17, 15) is 37.1 Å². The van der Waals surface area contributed by atoms with Crippen LogP contribution in [0.15, 0.2) is 47.4 Å². The summed E-state index contributed by atoms with van der Waals surface area (Å²) in [4.78, 5) is 40.8. The fourth-order valence-corrected chi connectivity index (χ4v) is 5.05. The summed E-state index contributed by atoms with van der Waals surface area (Å²) >= 11 is 0. The Kier molecular flexibility index (Phi) is 6.68. The first-order valence-corrected chi connectivity index (χ1v) is 12.1. The third-order valence-corrected chi connectivity index (χ3v) is 7.00. The van der Waals surface area contributed by atoms with Crippen LogP contribution in [0.25, 0.3) is 0 Å². The summed E-state index contributed by atoms with van der Waals surface area (Å²) in [5, 5.41) is 12.5. The van der Waals surface area contributed by atoms with Gasteiger partial charge < -0.3 is 10.0 Å². The molecule has 0 radical (unpaired) electrons. The van der Waals surface area contributed by atoms with Gasteiger partial charge in [-0.2, -0.15) is 0 Å². The summed E-state index contributed by atoms with van der Waals surface area (Å²) in [6, 6.07) is 6.01. The molecule has 198 valence electrons. The molecule has 1 saturated heterocycles. The Labute approximate surface area is 214 Å². The quantitative estimate of drug-likeness (QED) is 0.385. The second-order valence-corrected chi connectivity index (χ2v) is 9.38. The molecule has 38 heavy (non-hydrogen) atoms. The van der Waals surface area contributed by atoms with Crippen molar-refractivity contribution in [2.45, 2.75) is 44.8 Å². The van der Waals surface area contributed by atoms with E-state index < -0.39 is 52.3 Å². The monoisotopic (exact) mass is 529 g/mol. The van der Waals surface area contributed by atoms with Crippen LogP contribution in [-0.4, -0.2) is 39.1 Å². The number of Topliss-reactive ketones (excluding diaryl/α,β-unsaturated/α-hetero) is 1. The van der Waals surface area contributed by atoms with E-state index in [1.165, 1.54) is 27.9 Å². The van der Waals surface area contributed by atoms with Crippen molar-refractivity contribution in [3.63, 3.8) is 0 Å². The second-order valence-electron chi connectivity index (χ2n) is 9.38. The number of carbonyl (C=O) groups is 2. The Balaban J connectivity index is 1.49. The predicted molar refractivity (Wildman–Crippen MR) is 128 cm³/mol. The lowest BCUT2D eigenvalue weighted by molar-refractivity contribution is 0.0493. The third kappa shape index (κ3) is 4.52. The average molecular weight is 529 g/mol. The fraction of sp³-hybridized carbons (Fsp3) is 0.296. The number of benzene rings is 2. The van der Waals surface area contributed by atoms with Crippen molar-refractivity contribution >= 4 is 11.7 Å². The number of rotatable bonds is 6. The maximum Gasteiger partial charge on any atom is 0.278 e. The molecule has 0 bridgehead atoms. The summed E-state index contributed by atoms with van der Waals surface area (Å²) in [6.07, 6.45) is 2.24. The van der Waals surface area contributed by atoms with Gasteiger partial charge in [0.15, 0.2) is 17.2 Å². The molecular formula is C27H23F4N3O4. The molecule has 1 atom stereocenters. The predicted octanol–water partition coefficient (Wildman–Crippen LogP) is 4.03. The van der Waals surface area contributed by atoms with Crippen LogP contribution in [0.5, 0.6) is 5.75 Å². The topological polar surface area (TPSA) is 82.8 Å². The number of piperidine rings is 1. The number of ketones is 1. The molecular weight excluding hydrogens is 506 g/mol. The van der Waals surface area contributed by atoms with Gasteiger partial charge in [-0.3, -0.25) is 24.1 Å². The van der Waals surface area contributed by atoms with Crippen molar-refractivity contribution in [3.05, 3.63) is 98.5 Å². The number of pyridine rings is 1. The van der Waals surface area contributed by atoms with Crippen molar-refractivity contribution in [2.75, 3.05) is 11.6 Å². The number of aromatic nitrogens is 1. The first-order chi connectivity index (χ1) is 18.2. The number of hydrogen-bond donors (Lipinski definition) is 1. The van der Waals surface area contributed by atoms with E-state index in [2.05, 4.69) is 0 Å². The van der Waals surface area contributed by atoms with Gasteiger partial charge in [0.05, 0.1) is 12.1 Å². The van der Waals surface area contributed by atoms with E-state index in [-0.39, 0.29) is 41.8 Å². The van der Waals surface area contributed by atoms with Gasteiger partial charge in [-0.25, -0.2) is 17.6 Å². The van der Waals surface area contributed by atoms with Crippen molar-refractivity contribution in [2.24, 2.45) is 0 Å². The zero-order valence-corrected chi connectivity index (χ0v) is 20.1. The van der Waals surface area contributed by atoms with Crippen molar-refractivity contribution < 1.29 is 32.3 Å². The molecule has 2 aromatic carbocycles. The highest BCUT2D eigenvalue weighted by Crippen LogP contribution is 2.31. The Morgan fingerprint density at radius 1 is 0.947 bits per heavy atom. The van der Waals surface area contributed by atoms with E-state index in [1.54, 1.807) is 5.01 Å². The van der Waals surface area contributed by atoms with E-state index in [4.69, 9.17) is 0 Å². The Morgan fingerprint density at radius 3 is 2.26 bits per heavy atom. The maximum absolute atomic E-state index is 14.4. The molecule has 1 N–H and O–H groups in total. The minimum atomic E-state index is -1.06. The van der Waals surface area contributed by atoms with Gasteiger partial charge in [0, 0.05) is 36.9 Å². The molecule has 0 saturated carbocycles. The van der Waals surface area contributed by atoms with Gasteiger partial charge >= 0.3 is 0 Å². The molecule has 0 aliphatic carbocycles. The SMILES string of the molecule is O=C(CCc1ccc(F)cc1F)c1cn2c(c(O)c1=O)C(=O)N(Cc1ccc(F)cc1F)[C@@H]1CCCCN12. The molecule has 2 aliphatic rings. The molecule has 2 aliphatic heterocycles. The summed E-state index contributed by atoms with van der Waals surface area (Å²) in [5.74, 6) is -5.51.